The quantitative estimate of drug-likeness (QED) is 0.709. The average molecular weight is 254 g/mol. The van der Waals surface area contributed by atoms with Crippen LogP contribution in [0.25, 0.3) is 0 Å². The van der Waals surface area contributed by atoms with Crippen molar-refractivity contribution in [3.8, 4) is 0 Å². The maximum atomic E-state index is 9.74. The molecule has 5 atom stereocenters. The Hall–Kier alpha value is -0.980. The highest BCUT2D eigenvalue weighted by Gasteiger charge is 2.42. The van der Waals surface area contributed by atoms with Crippen molar-refractivity contribution in [1.29, 1.82) is 0 Å². The smallest absolute Gasteiger partial charge is 0.186 e. The molecule has 0 bridgehead atoms. The lowest BCUT2D eigenvalue weighted by Crippen LogP contribution is -2.57. The zero-order chi connectivity index (χ0) is 13.1. The standard InChI is InChI=1S/C13H18O5/c1-8-10(14)11(15)12(16)13(18-8)17-7-9-5-3-2-4-6-9/h2-6,8,10-16H,7H2,1H3/t8-,10+,11+,12-,13+/m1/s1. The second kappa shape index (κ2) is 5.77. The van der Waals surface area contributed by atoms with Gasteiger partial charge in [0.15, 0.2) is 6.29 Å². The summed E-state index contributed by atoms with van der Waals surface area (Å²) in [5.41, 5.74) is 0.946. The summed E-state index contributed by atoms with van der Waals surface area (Å²) >= 11 is 0. The molecule has 1 aromatic rings. The van der Waals surface area contributed by atoms with Crippen molar-refractivity contribution >= 4 is 0 Å². The summed E-state index contributed by atoms with van der Waals surface area (Å²) in [6.07, 6.45) is -5.12. The minimum absolute atomic E-state index is 0.276. The Morgan fingerprint density at radius 3 is 2.39 bits per heavy atom. The van der Waals surface area contributed by atoms with Gasteiger partial charge in [0.05, 0.1) is 12.7 Å². The van der Waals surface area contributed by atoms with Gasteiger partial charge in [-0.3, -0.25) is 0 Å². The van der Waals surface area contributed by atoms with Crippen LogP contribution in [0.2, 0.25) is 0 Å². The molecule has 5 heteroatoms. The SMILES string of the molecule is C[C@H]1O[C@H](OCc2ccccc2)[C@H](O)[C@@H](O)[C@H]1O. The van der Waals surface area contributed by atoms with Crippen LogP contribution in [0.15, 0.2) is 30.3 Å². The predicted octanol–water partition coefficient (Wildman–Crippen LogP) is 0.0307. The number of aliphatic hydroxyl groups excluding tert-OH is 3. The molecule has 18 heavy (non-hydrogen) atoms. The first kappa shape index (κ1) is 13.5. The van der Waals surface area contributed by atoms with Gasteiger partial charge in [-0.2, -0.15) is 0 Å². The minimum atomic E-state index is -1.26. The van der Waals surface area contributed by atoms with Crippen LogP contribution in [0, 0.1) is 0 Å². The fourth-order valence-corrected chi connectivity index (χ4v) is 1.90. The third kappa shape index (κ3) is 2.88. The van der Waals surface area contributed by atoms with Gasteiger partial charge in [-0.1, -0.05) is 30.3 Å². The van der Waals surface area contributed by atoms with Crippen LogP contribution in [-0.4, -0.2) is 46.0 Å². The van der Waals surface area contributed by atoms with E-state index in [4.69, 9.17) is 9.47 Å². The molecule has 0 saturated carbocycles. The third-order valence-electron chi connectivity index (χ3n) is 3.07. The van der Waals surface area contributed by atoms with Crippen molar-refractivity contribution in [3.63, 3.8) is 0 Å². The molecule has 1 aliphatic rings. The number of benzene rings is 1. The summed E-state index contributed by atoms with van der Waals surface area (Å²) in [4.78, 5) is 0. The van der Waals surface area contributed by atoms with E-state index in [-0.39, 0.29) is 6.61 Å². The molecule has 0 aromatic heterocycles. The van der Waals surface area contributed by atoms with Gasteiger partial charge in [-0.05, 0) is 12.5 Å². The Kier molecular flexibility index (Phi) is 4.31. The van der Waals surface area contributed by atoms with Crippen molar-refractivity contribution in [1.82, 2.24) is 0 Å². The van der Waals surface area contributed by atoms with E-state index in [1.54, 1.807) is 6.92 Å². The van der Waals surface area contributed by atoms with E-state index in [9.17, 15) is 15.3 Å². The monoisotopic (exact) mass is 254 g/mol. The van der Waals surface area contributed by atoms with Crippen LogP contribution in [0.4, 0.5) is 0 Å². The lowest BCUT2D eigenvalue weighted by Gasteiger charge is -2.38. The van der Waals surface area contributed by atoms with Crippen molar-refractivity contribution in [2.45, 2.75) is 44.2 Å². The van der Waals surface area contributed by atoms with E-state index in [0.717, 1.165) is 5.56 Å². The lowest BCUT2D eigenvalue weighted by atomic mass is 10.00. The molecule has 1 aromatic carbocycles. The molecule has 1 saturated heterocycles. The highest BCUT2D eigenvalue weighted by atomic mass is 16.7. The minimum Gasteiger partial charge on any atom is -0.388 e. The van der Waals surface area contributed by atoms with E-state index in [1.807, 2.05) is 30.3 Å². The van der Waals surface area contributed by atoms with Crippen LogP contribution >= 0.6 is 0 Å². The van der Waals surface area contributed by atoms with Gasteiger partial charge < -0.3 is 24.8 Å². The molecular weight excluding hydrogens is 236 g/mol. The first-order valence-corrected chi connectivity index (χ1v) is 5.95. The predicted molar refractivity (Wildman–Crippen MR) is 63.6 cm³/mol. The molecule has 100 valence electrons. The molecule has 1 aliphatic heterocycles. The molecule has 1 heterocycles. The summed E-state index contributed by atoms with van der Waals surface area (Å²) in [7, 11) is 0. The van der Waals surface area contributed by atoms with Gasteiger partial charge in [-0.25, -0.2) is 0 Å². The second-order valence-electron chi connectivity index (χ2n) is 4.48. The van der Waals surface area contributed by atoms with Crippen LogP contribution in [0.5, 0.6) is 0 Å². The van der Waals surface area contributed by atoms with E-state index < -0.39 is 30.7 Å². The van der Waals surface area contributed by atoms with Gasteiger partial charge in [0.1, 0.15) is 18.3 Å². The molecule has 0 unspecified atom stereocenters. The van der Waals surface area contributed by atoms with E-state index in [2.05, 4.69) is 0 Å². The molecule has 0 amide bonds. The second-order valence-corrected chi connectivity index (χ2v) is 4.48. The summed E-state index contributed by atoms with van der Waals surface area (Å²) in [5.74, 6) is 0. The zero-order valence-electron chi connectivity index (χ0n) is 10.1. The van der Waals surface area contributed by atoms with Gasteiger partial charge >= 0.3 is 0 Å². The van der Waals surface area contributed by atoms with Crippen molar-refractivity contribution in [2.75, 3.05) is 0 Å². The average Bonchev–Trinajstić information content (AvgIpc) is 2.40. The van der Waals surface area contributed by atoms with Crippen LogP contribution < -0.4 is 0 Å². The normalized spacial score (nSPS) is 36.6. The molecule has 0 aliphatic carbocycles. The summed E-state index contributed by atoms with van der Waals surface area (Å²) < 4.78 is 10.7. The Labute approximate surface area is 106 Å². The van der Waals surface area contributed by atoms with Gasteiger partial charge in [0, 0.05) is 0 Å². The van der Waals surface area contributed by atoms with E-state index in [0.29, 0.717) is 0 Å². The first-order chi connectivity index (χ1) is 8.59. The molecule has 5 nitrogen and oxygen atoms in total. The topological polar surface area (TPSA) is 79.2 Å². The maximum absolute atomic E-state index is 9.74. The number of hydrogen-bond acceptors (Lipinski definition) is 5. The molecule has 1 fully saturated rings. The number of rotatable bonds is 3. The highest BCUT2D eigenvalue weighted by Crippen LogP contribution is 2.22. The van der Waals surface area contributed by atoms with Gasteiger partial charge in [-0.15, -0.1) is 0 Å². The van der Waals surface area contributed by atoms with Crippen molar-refractivity contribution in [2.24, 2.45) is 0 Å². The lowest BCUT2D eigenvalue weighted by molar-refractivity contribution is -0.296. The molecule has 0 radical (unpaired) electrons. The number of hydrogen-bond donors (Lipinski definition) is 3. The van der Waals surface area contributed by atoms with Crippen LogP contribution in [0.1, 0.15) is 12.5 Å². The molecular formula is C13H18O5. The Morgan fingerprint density at radius 2 is 1.72 bits per heavy atom. The van der Waals surface area contributed by atoms with Crippen LogP contribution in [-0.2, 0) is 16.1 Å². The molecule has 0 spiro atoms. The molecule has 2 rings (SSSR count). The first-order valence-electron chi connectivity index (χ1n) is 5.95. The Balaban J connectivity index is 1.93. The fourth-order valence-electron chi connectivity index (χ4n) is 1.90. The summed E-state index contributed by atoms with van der Waals surface area (Å²) in [6.45, 7) is 1.90. The summed E-state index contributed by atoms with van der Waals surface area (Å²) in [5, 5.41) is 28.9. The van der Waals surface area contributed by atoms with Crippen molar-refractivity contribution in [3.05, 3.63) is 35.9 Å². The van der Waals surface area contributed by atoms with Crippen molar-refractivity contribution < 1.29 is 24.8 Å². The fraction of sp³-hybridized carbons (Fsp3) is 0.538. The van der Waals surface area contributed by atoms with Gasteiger partial charge in [0.2, 0.25) is 0 Å². The highest BCUT2D eigenvalue weighted by molar-refractivity contribution is 5.13. The van der Waals surface area contributed by atoms with Gasteiger partial charge in [0.25, 0.3) is 0 Å². The van der Waals surface area contributed by atoms with E-state index >= 15 is 0 Å². The van der Waals surface area contributed by atoms with Crippen LogP contribution in [0.3, 0.4) is 0 Å². The number of aliphatic hydroxyl groups is 3. The third-order valence-corrected chi connectivity index (χ3v) is 3.07. The number of ether oxygens (including phenoxy) is 2. The Morgan fingerprint density at radius 1 is 1.06 bits per heavy atom. The molecule has 3 N–H and O–H groups in total. The Bertz CT molecular complexity index is 369. The summed E-state index contributed by atoms with van der Waals surface area (Å²) in [6, 6.07) is 9.46. The largest absolute Gasteiger partial charge is 0.388 e. The zero-order valence-corrected chi connectivity index (χ0v) is 10.1. The maximum Gasteiger partial charge on any atom is 0.186 e. The van der Waals surface area contributed by atoms with E-state index in [1.165, 1.54) is 0 Å².